The van der Waals surface area contributed by atoms with Gasteiger partial charge in [0.15, 0.2) is 6.10 Å². The van der Waals surface area contributed by atoms with Gasteiger partial charge in [-0.15, -0.1) is 0 Å². The molecule has 1 fully saturated rings. The van der Waals surface area contributed by atoms with Crippen LogP contribution in [0.2, 0.25) is 0 Å². The van der Waals surface area contributed by atoms with Gasteiger partial charge < -0.3 is 45.0 Å². The van der Waals surface area contributed by atoms with Gasteiger partial charge in [0, 0.05) is 19.4 Å². The number of carbonyl (C=O) groups excluding carboxylic acids is 2. The number of hydrogen-bond acceptors (Lipinski definition) is 13. The third-order valence-corrected chi connectivity index (χ3v) is 11.6. The molecule has 0 saturated heterocycles. The van der Waals surface area contributed by atoms with Gasteiger partial charge in [-0.3, -0.25) is 18.6 Å². The highest BCUT2D eigenvalue weighted by Gasteiger charge is 2.51. The zero-order valence-corrected chi connectivity index (χ0v) is 39.4. The van der Waals surface area contributed by atoms with E-state index in [1.165, 1.54) is 19.3 Å². The molecule has 0 bridgehead atoms. The molecule has 8 atom stereocenters. The number of allylic oxidation sites excluding steroid dienone is 12. The molecule has 0 amide bonds. The number of esters is 2. The molecule has 3 unspecified atom stereocenters. The Hall–Kier alpha value is -2.75. The van der Waals surface area contributed by atoms with Crippen LogP contribution < -0.4 is 0 Å². The molecule has 0 spiro atoms. The summed E-state index contributed by atoms with van der Waals surface area (Å²) in [6.07, 6.45) is 33.9. The van der Waals surface area contributed by atoms with Gasteiger partial charge in [0.2, 0.25) is 0 Å². The van der Waals surface area contributed by atoms with Crippen LogP contribution in [0.5, 0.6) is 0 Å². The first-order chi connectivity index (χ1) is 30.9. The van der Waals surface area contributed by atoms with Gasteiger partial charge in [0.25, 0.3) is 0 Å². The molecule has 1 aliphatic carbocycles. The quantitative estimate of drug-likeness (QED) is 0.0133. The molecule has 0 aromatic heterocycles. The third kappa shape index (κ3) is 31.2. The van der Waals surface area contributed by atoms with Crippen LogP contribution in [0.4, 0.5) is 0 Å². The lowest BCUT2D eigenvalue weighted by molar-refractivity contribution is -0.220. The molecule has 0 aliphatic heterocycles. The van der Waals surface area contributed by atoms with E-state index in [1.807, 2.05) is 12.2 Å². The van der Waals surface area contributed by atoms with Crippen molar-refractivity contribution in [1.82, 2.24) is 0 Å². The average Bonchev–Trinajstić information content (AvgIpc) is 3.28. The van der Waals surface area contributed by atoms with E-state index in [1.54, 1.807) is 0 Å². The van der Waals surface area contributed by atoms with E-state index in [2.05, 4.69) is 67.7 Å². The number of hydrogen-bond donors (Lipinski definition) is 7. The minimum Gasteiger partial charge on any atom is -0.462 e. The van der Waals surface area contributed by atoms with Crippen molar-refractivity contribution in [2.24, 2.45) is 0 Å². The van der Waals surface area contributed by atoms with Crippen LogP contribution in [-0.2, 0) is 32.7 Å². The molecular formula is C49H83O14P. The number of phosphoric ester groups is 1. The van der Waals surface area contributed by atoms with E-state index >= 15 is 0 Å². The Balaban J connectivity index is 2.49. The molecule has 0 heterocycles. The van der Waals surface area contributed by atoms with Gasteiger partial charge >= 0.3 is 19.8 Å². The van der Waals surface area contributed by atoms with Crippen LogP contribution in [0.15, 0.2) is 72.9 Å². The Labute approximate surface area is 383 Å². The molecule has 7 N–H and O–H groups in total. The summed E-state index contributed by atoms with van der Waals surface area (Å²) >= 11 is 0. The lowest BCUT2D eigenvalue weighted by atomic mass is 9.85. The maximum absolute atomic E-state index is 12.8. The summed E-state index contributed by atoms with van der Waals surface area (Å²) in [6.45, 7) is 1.22. The number of carbonyl (C=O) groups is 2. The summed E-state index contributed by atoms with van der Waals surface area (Å²) in [5, 5.41) is 59.0. The Kier molecular flexibility index (Phi) is 36.5. The van der Waals surface area contributed by atoms with Crippen molar-refractivity contribution in [3.63, 3.8) is 0 Å². The second-order valence-electron chi connectivity index (χ2n) is 16.3. The van der Waals surface area contributed by atoms with Crippen molar-refractivity contribution in [3.05, 3.63) is 72.9 Å². The van der Waals surface area contributed by atoms with Gasteiger partial charge in [-0.05, 0) is 89.9 Å². The van der Waals surface area contributed by atoms with Crippen molar-refractivity contribution < 1.29 is 68.2 Å². The minimum atomic E-state index is -5.15. The standard InChI is InChI=1S/C49H83O14P/c1-2-3-4-5-6-7-8-9-10-12-15-18-21-24-27-30-33-36-42(51)60-39-41(40-61-64(58,59)63-49-47(56)45(54)44(53)46(55)48(49)57)62-43(52)37-34-31-28-25-22-19-16-13-11-14-17-20-23-26-29-32-35-38-50/h6-7,9-11,14,16,19-20,23,25,28,41,44-50,53-57H,2-5,8,12-13,15,17-18,21-22,24,26-27,29-40H2,1H3,(H,58,59)/b7-6-,10-9-,14-11-,19-16-,23-20-,28-25-/t41-,44?,45-,46+,47-,48-,49?/m1/s1. The number of phosphoric acid groups is 1. The van der Waals surface area contributed by atoms with Crippen LogP contribution in [0.25, 0.3) is 0 Å². The second kappa shape index (κ2) is 39.4. The summed E-state index contributed by atoms with van der Waals surface area (Å²) < 4.78 is 33.5. The Morgan fingerprint density at radius 1 is 0.516 bits per heavy atom. The summed E-state index contributed by atoms with van der Waals surface area (Å²) in [7, 11) is -5.15. The lowest BCUT2D eigenvalue weighted by Gasteiger charge is -2.41. The smallest absolute Gasteiger partial charge is 0.462 e. The molecule has 1 saturated carbocycles. The highest BCUT2D eigenvalue weighted by molar-refractivity contribution is 7.47. The Morgan fingerprint density at radius 3 is 1.42 bits per heavy atom. The summed E-state index contributed by atoms with van der Waals surface area (Å²) in [5.41, 5.74) is 0. The molecule has 1 aliphatic rings. The molecule has 64 heavy (non-hydrogen) atoms. The highest BCUT2D eigenvalue weighted by Crippen LogP contribution is 2.47. The largest absolute Gasteiger partial charge is 0.472 e. The van der Waals surface area contributed by atoms with Crippen molar-refractivity contribution in [2.45, 2.75) is 204 Å². The van der Waals surface area contributed by atoms with Crippen LogP contribution in [-0.4, -0.2) is 110 Å². The van der Waals surface area contributed by atoms with Gasteiger partial charge in [0.05, 0.1) is 6.61 Å². The van der Waals surface area contributed by atoms with Crippen LogP contribution in [0, 0.1) is 0 Å². The summed E-state index contributed by atoms with van der Waals surface area (Å²) in [5.74, 6) is -1.19. The lowest BCUT2D eigenvalue weighted by Crippen LogP contribution is -2.64. The van der Waals surface area contributed by atoms with Crippen LogP contribution >= 0.6 is 7.82 Å². The van der Waals surface area contributed by atoms with Crippen LogP contribution in [0.1, 0.15) is 161 Å². The molecular weight excluding hydrogens is 843 g/mol. The average molecular weight is 927 g/mol. The number of ether oxygens (including phenoxy) is 2. The number of rotatable bonds is 39. The van der Waals surface area contributed by atoms with Gasteiger partial charge in [0.1, 0.15) is 43.2 Å². The SMILES string of the molecule is CCCCC/C=C\C/C=C\CCCCCCCCCC(=O)OC[C@H](COP(=O)(O)OC1[C@H](O)[C@H](O)C(O)[C@H](O)[C@H]1O)OC(=O)CCC/C=C\C/C=C\C/C=C\C/C=C\CCCCCO. The first-order valence-corrected chi connectivity index (χ1v) is 25.3. The Bertz CT molecular complexity index is 1400. The fourth-order valence-electron chi connectivity index (χ4n) is 6.70. The monoisotopic (exact) mass is 927 g/mol. The van der Waals surface area contributed by atoms with Crippen molar-refractivity contribution in [2.75, 3.05) is 19.8 Å². The number of aliphatic hydroxyl groups excluding tert-OH is 6. The van der Waals surface area contributed by atoms with E-state index in [0.29, 0.717) is 19.3 Å². The fourth-order valence-corrected chi connectivity index (χ4v) is 7.67. The zero-order chi connectivity index (χ0) is 47.1. The van der Waals surface area contributed by atoms with E-state index in [0.717, 1.165) is 103 Å². The highest BCUT2D eigenvalue weighted by atomic mass is 31.2. The molecule has 15 heteroatoms. The number of unbranched alkanes of at least 4 members (excludes halogenated alkanes) is 14. The molecule has 0 aromatic rings. The first-order valence-electron chi connectivity index (χ1n) is 23.8. The van der Waals surface area contributed by atoms with Crippen molar-refractivity contribution >= 4 is 19.8 Å². The normalized spacial score (nSPS) is 22.2. The van der Waals surface area contributed by atoms with E-state index < -0.39 is 75.7 Å². The predicted octanol–water partition coefficient (Wildman–Crippen LogP) is 8.47. The molecule has 1 rings (SSSR count). The Morgan fingerprint density at radius 2 is 0.922 bits per heavy atom. The van der Waals surface area contributed by atoms with E-state index in [-0.39, 0.29) is 19.4 Å². The van der Waals surface area contributed by atoms with Crippen molar-refractivity contribution in [3.8, 4) is 0 Å². The van der Waals surface area contributed by atoms with Crippen LogP contribution in [0.3, 0.4) is 0 Å². The van der Waals surface area contributed by atoms with Crippen molar-refractivity contribution in [1.29, 1.82) is 0 Å². The third-order valence-electron chi connectivity index (χ3n) is 10.6. The van der Waals surface area contributed by atoms with E-state index in [4.69, 9.17) is 23.6 Å². The topological polar surface area (TPSA) is 230 Å². The molecule has 368 valence electrons. The second-order valence-corrected chi connectivity index (χ2v) is 17.7. The molecule has 0 aromatic carbocycles. The van der Waals surface area contributed by atoms with E-state index in [9.17, 15) is 44.6 Å². The number of aliphatic hydroxyl groups is 6. The summed E-state index contributed by atoms with van der Waals surface area (Å²) in [4.78, 5) is 35.7. The van der Waals surface area contributed by atoms with Gasteiger partial charge in [-0.25, -0.2) is 4.57 Å². The minimum absolute atomic E-state index is 0.00588. The molecule has 14 nitrogen and oxygen atoms in total. The zero-order valence-electron chi connectivity index (χ0n) is 38.5. The van der Waals surface area contributed by atoms with Gasteiger partial charge in [-0.1, -0.05) is 131 Å². The van der Waals surface area contributed by atoms with Gasteiger partial charge in [-0.2, -0.15) is 0 Å². The maximum atomic E-state index is 12.8. The predicted molar refractivity (Wildman–Crippen MR) is 250 cm³/mol. The molecule has 0 radical (unpaired) electrons. The first kappa shape index (κ1) is 59.3. The summed E-state index contributed by atoms with van der Waals surface area (Å²) in [6, 6.07) is 0. The maximum Gasteiger partial charge on any atom is 0.472 e. The fraction of sp³-hybridized carbons (Fsp3) is 0.714.